The third kappa shape index (κ3) is 6.95. The number of aliphatic hydroxyl groups excluding tert-OH is 2. The topological polar surface area (TPSA) is 101 Å². The third-order valence-corrected chi connectivity index (χ3v) is 9.59. The molecule has 2 saturated heterocycles. The summed E-state index contributed by atoms with van der Waals surface area (Å²) in [4.78, 5) is 31.7. The largest absolute Gasteiger partial charge is 0.508 e. The number of phenols is 1. The molecule has 0 spiro atoms. The first-order chi connectivity index (χ1) is 20.8. The average molecular weight is 587 g/mol. The maximum absolute atomic E-state index is 14.0. The minimum Gasteiger partial charge on any atom is -0.508 e. The lowest BCUT2D eigenvalue weighted by molar-refractivity contribution is -0.144. The SMILES string of the molecule is CCCC1=C([C@H](O)CC/C(C)=C/c2cccc(O)c2)[C@H](CO)[C@@H]2C(=O)N(C3CCN(Cc4ccccc4)CC3)C(=O)[C@@H]2C1. The number of hydrogen-bond acceptors (Lipinski definition) is 6. The molecule has 2 heterocycles. The van der Waals surface area contributed by atoms with Crippen molar-refractivity contribution in [2.75, 3.05) is 19.7 Å². The van der Waals surface area contributed by atoms with Crippen molar-refractivity contribution in [2.24, 2.45) is 17.8 Å². The zero-order valence-corrected chi connectivity index (χ0v) is 25.5. The Hall–Kier alpha value is -3.26. The molecule has 2 aromatic carbocycles. The van der Waals surface area contributed by atoms with Crippen molar-refractivity contribution in [3.8, 4) is 5.75 Å². The lowest BCUT2D eigenvalue weighted by Crippen LogP contribution is -2.47. The van der Waals surface area contributed by atoms with Gasteiger partial charge in [-0.25, -0.2) is 0 Å². The van der Waals surface area contributed by atoms with Crippen LogP contribution in [0.15, 0.2) is 71.3 Å². The molecular formula is C36H46N2O5. The van der Waals surface area contributed by atoms with Gasteiger partial charge in [0.2, 0.25) is 11.8 Å². The number of aromatic hydroxyl groups is 1. The van der Waals surface area contributed by atoms with E-state index >= 15 is 0 Å². The number of allylic oxidation sites excluding steroid dienone is 2. The quantitative estimate of drug-likeness (QED) is 0.244. The van der Waals surface area contributed by atoms with Gasteiger partial charge in [-0.2, -0.15) is 0 Å². The van der Waals surface area contributed by atoms with Gasteiger partial charge in [-0.1, -0.05) is 73.0 Å². The number of piperidine rings is 1. The first-order valence-corrected chi connectivity index (χ1v) is 15.9. The highest BCUT2D eigenvalue weighted by atomic mass is 16.3. The van der Waals surface area contributed by atoms with Crippen LogP contribution < -0.4 is 0 Å². The monoisotopic (exact) mass is 586 g/mol. The van der Waals surface area contributed by atoms with Crippen LogP contribution in [0.3, 0.4) is 0 Å². The van der Waals surface area contributed by atoms with Gasteiger partial charge in [-0.05, 0) is 74.3 Å². The van der Waals surface area contributed by atoms with Crippen molar-refractivity contribution >= 4 is 17.9 Å². The Kier molecular flexibility index (Phi) is 10.2. The van der Waals surface area contributed by atoms with Crippen LogP contribution in [-0.4, -0.2) is 68.8 Å². The Balaban J connectivity index is 1.28. The summed E-state index contributed by atoms with van der Waals surface area (Å²) in [5, 5.41) is 31.9. The van der Waals surface area contributed by atoms with E-state index in [0.717, 1.165) is 67.6 Å². The predicted octanol–water partition coefficient (Wildman–Crippen LogP) is 5.31. The van der Waals surface area contributed by atoms with Crippen molar-refractivity contribution in [3.05, 3.63) is 82.4 Å². The molecule has 3 N–H and O–H groups in total. The Morgan fingerprint density at radius 1 is 1.05 bits per heavy atom. The fraction of sp³-hybridized carbons (Fsp3) is 0.500. The normalized spacial score (nSPS) is 24.5. The first-order valence-electron chi connectivity index (χ1n) is 15.9. The summed E-state index contributed by atoms with van der Waals surface area (Å²) in [6.45, 7) is 6.34. The molecule has 2 amide bonds. The number of hydrogen-bond donors (Lipinski definition) is 3. The molecule has 230 valence electrons. The number of likely N-dealkylation sites (tertiary alicyclic amines) is 2. The number of aliphatic hydroxyl groups is 2. The summed E-state index contributed by atoms with van der Waals surface area (Å²) in [7, 11) is 0. The van der Waals surface area contributed by atoms with E-state index in [4.69, 9.17) is 0 Å². The lowest BCUT2D eigenvalue weighted by Gasteiger charge is -2.37. The molecule has 2 aromatic rings. The summed E-state index contributed by atoms with van der Waals surface area (Å²) in [6, 6.07) is 17.3. The van der Waals surface area contributed by atoms with Crippen molar-refractivity contribution in [1.29, 1.82) is 0 Å². The molecule has 7 heteroatoms. The highest BCUT2D eigenvalue weighted by Gasteiger charge is 2.56. The van der Waals surface area contributed by atoms with Gasteiger partial charge >= 0.3 is 0 Å². The van der Waals surface area contributed by atoms with E-state index < -0.39 is 23.9 Å². The molecule has 0 aromatic heterocycles. The van der Waals surface area contributed by atoms with Crippen LogP contribution in [0.4, 0.5) is 0 Å². The van der Waals surface area contributed by atoms with Gasteiger partial charge in [0.15, 0.2) is 0 Å². The standard InChI is InChI=1S/C36H46N2O5/c1-3-8-27-21-30-34(31(23-39)33(27)32(41)14-13-24(2)19-26-11-7-12-29(40)20-26)36(43)38(35(30)42)28-15-17-37(18-16-28)22-25-9-5-4-6-10-25/h4-7,9-12,19-20,28,30-32,34,39-41H,3,8,13-18,21-23H2,1-2H3/b24-19+/t30-,31+,32-,34-/m1/s1. The van der Waals surface area contributed by atoms with Gasteiger partial charge in [-0.15, -0.1) is 0 Å². The zero-order valence-electron chi connectivity index (χ0n) is 25.5. The fourth-order valence-electron chi connectivity index (χ4n) is 7.55. The second-order valence-electron chi connectivity index (χ2n) is 12.6. The highest BCUT2D eigenvalue weighted by Crippen LogP contribution is 2.48. The number of amides is 2. The second-order valence-corrected chi connectivity index (χ2v) is 12.6. The van der Waals surface area contributed by atoms with Gasteiger partial charge in [0.25, 0.3) is 0 Å². The van der Waals surface area contributed by atoms with Gasteiger partial charge in [0.1, 0.15) is 5.75 Å². The molecule has 3 aliphatic rings. The maximum atomic E-state index is 14.0. The summed E-state index contributed by atoms with van der Waals surface area (Å²) in [5.41, 5.74) is 5.03. The second kappa shape index (κ2) is 14.0. The number of imide groups is 1. The number of rotatable bonds is 11. The number of fused-ring (bicyclic) bond motifs is 1. The number of carbonyl (C=O) groups excluding carboxylic acids is 2. The molecule has 2 aliphatic heterocycles. The molecule has 1 aliphatic carbocycles. The molecule has 4 atom stereocenters. The fourth-order valence-corrected chi connectivity index (χ4v) is 7.55. The van der Waals surface area contributed by atoms with Crippen molar-refractivity contribution in [1.82, 2.24) is 9.80 Å². The molecule has 43 heavy (non-hydrogen) atoms. The number of carbonyl (C=O) groups is 2. The molecule has 2 fully saturated rings. The Labute approximate surface area is 255 Å². The predicted molar refractivity (Wildman–Crippen MR) is 168 cm³/mol. The lowest BCUT2D eigenvalue weighted by atomic mass is 9.67. The van der Waals surface area contributed by atoms with Crippen LogP contribution in [0.2, 0.25) is 0 Å². The minimum absolute atomic E-state index is 0.0954. The first kappa shape index (κ1) is 31.2. The summed E-state index contributed by atoms with van der Waals surface area (Å²) >= 11 is 0. The molecule has 7 nitrogen and oxygen atoms in total. The van der Waals surface area contributed by atoms with E-state index in [1.165, 1.54) is 5.56 Å². The number of benzene rings is 2. The van der Waals surface area contributed by atoms with E-state index in [1.807, 2.05) is 37.3 Å². The summed E-state index contributed by atoms with van der Waals surface area (Å²) < 4.78 is 0. The van der Waals surface area contributed by atoms with E-state index in [9.17, 15) is 24.9 Å². The Morgan fingerprint density at radius 3 is 2.47 bits per heavy atom. The van der Waals surface area contributed by atoms with Crippen LogP contribution >= 0.6 is 0 Å². The number of phenolic OH excluding ortho intramolecular Hbond substituents is 1. The van der Waals surface area contributed by atoms with Crippen LogP contribution in [0.5, 0.6) is 5.75 Å². The van der Waals surface area contributed by atoms with Crippen molar-refractivity contribution in [2.45, 2.75) is 77.5 Å². The molecular weight excluding hydrogens is 540 g/mol. The van der Waals surface area contributed by atoms with Crippen LogP contribution in [0, 0.1) is 17.8 Å². The molecule has 5 rings (SSSR count). The van der Waals surface area contributed by atoms with E-state index in [2.05, 4.69) is 24.0 Å². The zero-order chi connectivity index (χ0) is 30.5. The maximum Gasteiger partial charge on any atom is 0.234 e. The third-order valence-electron chi connectivity index (χ3n) is 9.59. The van der Waals surface area contributed by atoms with Crippen LogP contribution in [0.1, 0.15) is 69.9 Å². The molecule has 0 bridgehead atoms. The van der Waals surface area contributed by atoms with E-state index in [1.54, 1.807) is 23.1 Å². The minimum atomic E-state index is -0.801. The van der Waals surface area contributed by atoms with Crippen LogP contribution in [-0.2, 0) is 16.1 Å². The van der Waals surface area contributed by atoms with Crippen LogP contribution in [0.25, 0.3) is 6.08 Å². The Morgan fingerprint density at radius 2 is 1.79 bits per heavy atom. The van der Waals surface area contributed by atoms with Gasteiger partial charge < -0.3 is 15.3 Å². The highest BCUT2D eigenvalue weighted by molar-refractivity contribution is 6.06. The van der Waals surface area contributed by atoms with Crippen molar-refractivity contribution < 1.29 is 24.9 Å². The van der Waals surface area contributed by atoms with Gasteiger partial charge in [-0.3, -0.25) is 19.4 Å². The average Bonchev–Trinajstić information content (AvgIpc) is 3.25. The summed E-state index contributed by atoms with van der Waals surface area (Å²) in [5.74, 6) is -1.69. The van der Waals surface area contributed by atoms with Crippen molar-refractivity contribution in [3.63, 3.8) is 0 Å². The van der Waals surface area contributed by atoms with E-state index in [0.29, 0.717) is 19.3 Å². The van der Waals surface area contributed by atoms with Gasteiger partial charge in [0.05, 0.1) is 24.5 Å². The number of nitrogens with zero attached hydrogens (tertiary/aromatic N) is 2. The Bertz CT molecular complexity index is 1340. The molecule has 0 saturated carbocycles. The van der Waals surface area contributed by atoms with Gasteiger partial charge in [0, 0.05) is 31.6 Å². The van der Waals surface area contributed by atoms with E-state index in [-0.39, 0.29) is 30.2 Å². The molecule has 0 unspecified atom stereocenters. The smallest absolute Gasteiger partial charge is 0.234 e. The molecule has 0 radical (unpaired) electrons. The summed E-state index contributed by atoms with van der Waals surface area (Å²) in [6.07, 6.45) is 5.88.